The molecule has 1 saturated heterocycles. The predicted octanol–water partition coefficient (Wildman–Crippen LogP) is 1.12. The van der Waals surface area contributed by atoms with E-state index in [1.54, 1.807) is 0 Å². The number of hydrogen-bond donors (Lipinski definition) is 1. The van der Waals surface area contributed by atoms with E-state index in [0.717, 1.165) is 6.54 Å². The second-order valence-electron chi connectivity index (χ2n) is 5.96. The molecule has 0 saturated carbocycles. The molecule has 0 spiro atoms. The van der Waals surface area contributed by atoms with Crippen LogP contribution in [0.4, 0.5) is 0 Å². The van der Waals surface area contributed by atoms with Crippen LogP contribution in [0.5, 0.6) is 0 Å². The molecule has 1 aliphatic heterocycles. The van der Waals surface area contributed by atoms with Gasteiger partial charge in [0.15, 0.2) is 9.84 Å². The fourth-order valence-corrected chi connectivity index (χ4v) is 4.41. The molecule has 1 heterocycles. The van der Waals surface area contributed by atoms with Gasteiger partial charge in [0.1, 0.15) is 0 Å². The van der Waals surface area contributed by atoms with E-state index in [1.807, 2.05) is 30.9 Å². The van der Waals surface area contributed by atoms with Crippen LogP contribution in [0.15, 0.2) is 24.3 Å². The second-order valence-corrected chi connectivity index (χ2v) is 8.19. The normalized spacial score (nSPS) is 20.2. The van der Waals surface area contributed by atoms with Gasteiger partial charge in [-0.1, -0.05) is 36.8 Å². The van der Waals surface area contributed by atoms with Crippen LogP contribution in [0.1, 0.15) is 24.5 Å². The number of rotatable bonds is 6. The summed E-state index contributed by atoms with van der Waals surface area (Å²) in [5.74, 6) is 0.151. The molecule has 22 heavy (non-hydrogen) atoms. The number of carbonyl (C=O) groups is 1. The first-order valence-corrected chi connectivity index (χ1v) is 9.48. The number of carbonyl (C=O) groups excluding carboxylic acids is 1. The summed E-state index contributed by atoms with van der Waals surface area (Å²) in [6, 6.07) is 8.01. The van der Waals surface area contributed by atoms with Gasteiger partial charge in [-0.3, -0.25) is 9.69 Å². The van der Waals surface area contributed by atoms with Crippen molar-refractivity contribution < 1.29 is 13.2 Å². The highest BCUT2D eigenvalue weighted by Gasteiger charge is 2.29. The number of benzene rings is 1. The van der Waals surface area contributed by atoms with E-state index in [2.05, 4.69) is 17.4 Å². The Bertz CT molecular complexity index is 628. The van der Waals surface area contributed by atoms with E-state index < -0.39 is 9.84 Å². The number of likely N-dealkylation sites (N-methyl/N-ethyl adjacent to an activating group) is 1. The van der Waals surface area contributed by atoms with Crippen molar-refractivity contribution in [3.63, 3.8) is 0 Å². The van der Waals surface area contributed by atoms with Crippen molar-refractivity contribution in [3.8, 4) is 0 Å². The van der Waals surface area contributed by atoms with E-state index in [4.69, 9.17) is 0 Å². The van der Waals surface area contributed by atoms with Gasteiger partial charge in [-0.25, -0.2) is 8.42 Å². The average Bonchev–Trinajstić information content (AvgIpc) is 2.77. The largest absolute Gasteiger partial charge is 0.351 e. The minimum atomic E-state index is -2.96. The lowest BCUT2D eigenvalue weighted by atomic mass is 10.1. The third kappa shape index (κ3) is 5.10. The van der Waals surface area contributed by atoms with Gasteiger partial charge in [0.05, 0.1) is 18.1 Å². The van der Waals surface area contributed by atoms with Crippen LogP contribution in [-0.2, 0) is 21.2 Å². The first-order valence-electron chi connectivity index (χ1n) is 7.65. The summed E-state index contributed by atoms with van der Waals surface area (Å²) in [6.07, 6.45) is 0.526. The van der Waals surface area contributed by atoms with Crippen molar-refractivity contribution in [1.29, 1.82) is 0 Å². The highest BCUT2D eigenvalue weighted by molar-refractivity contribution is 7.91. The third-order valence-corrected chi connectivity index (χ3v) is 5.67. The topological polar surface area (TPSA) is 66.5 Å². The SMILES string of the molecule is CCN(CC(=O)N[C@H]1CCS(=O)(=O)C1)Cc1cccc(C)c1. The van der Waals surface area contributed by atoms with Gasteiger partial charge in [0.25, 0.3) is 0 Å². The Morgan fingerprint density at radius 1 is 1.41 bits per heavy atom. The fourth-order valence-electron chi connectivity index (χ4n) is 2.73. The molecule has 1 aromatic carbocycles. The van der Waals surface area contributed by atoms with Crippen molar-refractivity contribution in [2.75, 3.05) is 24.6 Å². The number of aryl methyl sites for hydroxylation is 1. The van der Waals surface area contributed by atoms with Crippen LogP contribution in [0.25, 0.3) is 0 Å². The minimum Gasteiger partial charge on any atom is -0.351 e. The second kappa shape index (κ2) is 7.24. The van der Waals surface area contributed by atoms with Crippen molar-refractivity contribution >= 4 is 15.7 Å². The molecule has 122 valence electrons. The lowest BCUT2D eigenvalue weighted by molar-refractivity contribution is -0.122. The quantitative estimate of drug-likeness (QED) is 0.851. The van der Waals surface area contributed by atoms with E-state index >= 15 is 0 Å². The molecule has 6 heteroatoms. The average molecular weight is 324 g/mol. The molecule has 2 rings (SSSR count). The van der Waals surface area contributed by atoms with Crippen LogP contribution >= 0.6 is 0 Å². The zero-order valence-corrected chi connectivity index (χ0v) is 14.0. The molecule has 0 radical (unpaired) electrons. The Labute approximate surface area is 132 Å². The van der Waals surface area contributed by atoms with Gasteiger partial charge >= 0.3 is 0 Å². The van der Waals surface area contributed by atoms with Gasteiger partial charge in [-0.05, 0) is 25.5 Å². The van der Waals surface area contributed by atoms with Crippen molar-refractivity contribution in [1.82, 2.24) is 10.2 Å². The molecule has 1 amide bonds. The fraction of sp³-hybridized carbons (Fsp3) is 0.562. The lowest BCUT2D eigenvalue weighted by Crippen LogP contribution is -2.42. The van der Waals surface area contributed by atoms with Crippen LogP contribution < -0.4 is 5.32 Å². The Morgan fingerprint density at radius 3 is 2.77 bits per heavy atom. The molecule has 0 aliphatic carbocycles. The van der Waals surface area contributed by atoms with E-state index in [0.29, 0.717) is 19.5 Å². The number of nitrogens with zero attached hydrogens (tertiary/aromatic N) is 1. The summed E-state index contributed by atoms with van der Waals surface area (Å²) in [7, 11) is -2.96. The molecule has 5 nitrogen and oxygen atoms in total. The standard InChI is InChI=1S/C16H24N2O3S/c1-3-18(10-14-6-4-5-13(2)9-14)11-16(19)17-15-7-8-22(20,21)12-15/h4-6,9,15H,3,7-8,10-12H2,1-2H3,(H,17,19)/t15-/m0/s1. The summed E-state index contributed by atoms with van der Waals surface area (Å²) in [5, 5.41) is 2.84. The molecule has 1 aromatic rings. The lowest BCUT2D eigenvalue weighted by Gasteiger charge is -2.21. The van der Waals surface area contributed by atoms with E-state index in [-0.39, 0.29) is 23.5 Å². The Kier molecular flexibility index (Phi) is 5.58. The monoisotopic (exact) mass is 324 g/mol. The summed E-state index contributed by atoms with van der Waals surface area (Å²) >= 11 is 0. The van der Waals surface area contributed by atoms with Gasteiger partial charge in [-0.15, -0.1) is 0 Å². The first-order chi connectivity index (χ1) is 10.4. The molecule has 1 fully saturated rings. The maximum atomic E-state index is 12.1. The number of amides is 1. The smallest absolute Gasteiger partial charge is 0.234 e. The Hall–Kier alpha value is -1.40. The Balaban J connectivity index is 1.86. The van der Waals surface area contributed by atoms with Gasteiger partial charge < -0.3 is 5.32 Å². The predicted molar refractivity (Wildman–Crippen MR) is 87.3 cm³/mol. The van der Waals surface area contributed by atoms with Crippen LogP contribution in [0.3, 0.4) is 0 Å². The highest BCUT2D eigenvalue weighted by Crippen LogP contribution is 2.11. The molecular formula is C16H24N2O3S. The number of nitrogens with one attached hydrogen (secondary N) is 1. The molecule has 1 aliphatic rings. The summed E-state index contributed by atoms with van der Waals surface area (Å²) < 4.78 is 22.8. The zero-order valence-electron chi connectivity index (χ0n) is 13.2. The molecule has 1 atom stereocenters. The maximum absolute atomic E-state index is 12.1. The maximum Gasteiger partial charge on any atom is 0.234 e. The highest BCUT2D eigenvalue weighted by atomic mass is 32.2. The molecular weight excluding hydrogens is 300 g/mol. The summed E-state index contributed by atoms with van der Waals surface area (Å²) in [5.41, 5.74) is 2.38. The minimum absolute atomic E-state index is 0.0722. The third-order valence-electron chi connectivity index (χ3n) is 3.90. The van der Waals surface area contributed by atoms with Crippen LogP contribution in [-0.4, -0.2) is 49.9 Å². The van der Waals surface area contributed by atoms with E-state index in [9.17, 15) is 13.2 Å². The zero-order chi connectivity index (χ0) is 16.2. The Morgan fingerprint density at radius 2 is 2.18 bits per heavy atom. The number of sulfone groups is 1. The number of hydrogen-bond acceptors (Lipinski definition) is 4. The van der Waals surface area contributed by atoms with E-state index in [1.165, 1.54) is 11.1 Å². The van der Waals surface area contributed by atoms with Gasteiger partial charge in [0.2, 0.25) is 5.91 Å². The van der Waals surface area contributed by atoms with Crippen LogP contribution in [0, 0.1) is 6.92 Å². The van der Waals surface area contributed by atoms with Crippen molar-refractivity contribution in [2.24, 2.45) is 0 Å². The van der Waals surface area contributed by atoms with Gasteiger partial charge in [-0.2, -0.15) is 0 Å². The molecule has 1 N–H and O–H groups in total. The molecule has 0 bridgehead atoms. The summed E-state index contributed by atoms with van der Waals surface area (Å²) in [6.45, 7) is 5.84. The van der Waals surface area contributed by atoms with Crippen molar-refractivity contribution in [3.05, 3.63) is 35.4 Å². The molecule has 0 unspecified atom stereocenters. The van der Waals surface area contributed by atoms with Gasteiger partial charge in [0, 0.05) is 12.6 Å². The summed E-state index contributed by atoms with van der Waals surface area (Å²) in [4.78, 5) is 14.1. The first kappa shape index (κ1) is 17.0. The molecule has 0 aromatic heterocycles. The van der Waals surface area contributed by atoms with Crippen LogP contribution in [0.2, 0.25) is 0 Å². The van der Waals surface area contributed by atoms with Crippen molar-refractivity contribution in [2.45, 2.75) is 32.9 Å².